The highest BCUT2D eigenvalue weighted by atomic mass is 16.5. The lowest BCUT2D eigenvalue weighted by Gasteiger charge is -2.35. The van der Waals surface area contributed by atoms with Crippen LogP contribution in [0.4, 0.5) is 17.1 Å². The maximum atomic E-state index is 14.1. The molecule has 1 aliphatic heterocycles. The third kappa shape index (κ3) is 5.03. The first-order chi connectivity index (χ1) is 19.0. The van der Waals surface area contributed by atoms with Crippen LogP contribution in [0, 0.1) is 0 Å². The molecule has 0 saturated carbocycles. The van der Waals surface area contributed by atoms with E-state index < -0.39 is 6.04 Å². The Labute approximate surface area is 231 Å². The summed E-state index contributed by atoms with van der Waals surface area (Å²) in [6.07, 6.45) is 1.42. The predicted octanol–water partition coefficient (Wildman–Crippen LogP) is 6.85. The summed E-state index contributed by atoms with van der Waals surface area (Å²) in [4.78, 5) is 31.8. The molecule has 3 aromatic carbocycles. The van der Waals surface area contributed by atoms with Crippen molar-refractivity contribution in [2.45, 2.75) is 52.0 Å². The maximum absolute atomic E-state index is 14.1. The van der Waals surface area contributed by atoms with Crippen molar-refractivity contribution >= 4 is 28.8 Å². The van der Waals surface area contributed by atoms with Gasteiger partial charge in [0.1, 0.15) is 5.75 Å². The van der Waals surface area contributed by atoms with Crippen molar-refractivity contribution in [3.8, 4) is 5.75 Å². The van der Waals surface area contributed by atoms with E-state index in [-0.39, 0.29) is 17.6 Å². The number of Topliss-reactive ketones (excluding diaryl/α,β-unsaturated/α-hetero) is 1. The Morgan fingerprint density at radius 1 is 0.923 bits per heavy atom. The van der Waals surface area contributed by atoms with Crippen LogP contribution in [0.5, 0.6) is 5.75 Å². The molecule has 0 aromatic heterocycles. The summed E-state index contributed by atoms with van der Waals surface area (Å²) in [5.74, 6) is 0.898. The zero-order valence-corrected chi connectivity index (χ0v) is 23.2. The number of para-hydroxylation sites is 2. The van der Waals surface area contributed by atoms with E-state index in [4.69, 9.17) is 4.74 Å². The first-order valence-electron chi connectivity index (χ1n) is 13.9. The first-order valence-corrected chi connectivity index (χ1v) is 13.9. The van der Waals surface area contributed by atoms with Crippen molar-refractivity contribution in [3.63, 3.8) is 0 Å². The fraction of sp³-hybridized carbons (Fsp3) is 0.333. The molecule has 0 fully saturated rings. The van der Waals surface area contributed by atoms with Crippen LogP contribution >= 0.6 is 0 Å². The van der Waals surface area contributed by atoms with Gasteiger partial charge in [0.25, 0.3) is 0 Å². The van der Waals surface area contributed by atoms with Gasteiger partial charge in [-0.15, -0.1) is 0 Å². The number of nitrogens with one attached hydrogen (secondary N) is 1. The minimum absolute atomic E-state index is 0.0131. The van der Waals surface area contributed by atoms with Crippen LogP contribution in [-0.4, -0.2) is 31.9 Å². The molecule has 2 aliphatic rings. The summed E-state index contributed by atoms with van der Waals surface area (Å²) < 4.78 is 5.34. The minimum atomic E-state index is -0.501. The Hall–Kier alpha value is -4.06. The molecule has 0 saturated heterocycles. The number of methoxy groups -OCH3 is 1. The van der Waals surface area contributed by atoms with Crippen LogP contribution in [0.25, 0.3) is 0 Å². The van der Waals surface area contributed by atoms with Gasteiger partial charge in [0.2, 0.25) is 5.91 Å². The van der Waals surface area contributed by atoms with E-state index in [1.165, 1.54) is 0 Å². The normalized spacial score (nSPS) is 18.6. The second-order valence-electron chi connectivity index (χ2n) is 10.1. The number of carbonyl (C=O) groups is 2. The van der Waals surface area contributed by atoms with Gasteiger partial charge in [0.05, 0.1) is 24.5 Å². The Morgan fingerprint density at radius 2 is 1.59 bits per heavy atom. The second-order valence-corrected chi connectivity index (χ2v) is 10.1. The largest absolute Gasteiger partial charge is 0.497 e. The minimum Gasteiger partial charge on any atom is -0.497 e. The molecule has 1 heterocycles. The third-order valence-corrected chi connectivity index (χ3v) is 7.98. The van der Waals surface area contributed by atoms with E-state index in [1.54, 1.807) is 7.11 Å². The first kappa shape index (κ1) is 26.5. The predicted molar refractivity (Wildman–Crippen MR) is 158 cm³/mol. The van der Waals surface area contributed by atoms with Gasteiger partial charge in [-0.2, -0.15) is 0 Å². The molecule has 0 unspecified atom stereocenters. The Balaban J connectivity index is 1.64. The number of amides is 1. The van der Waals surface area contributed by atoms with Gasteiger partial charge in [-0.25, -0.2) is 0 Å². The van der Waals surface area contributed by atoms with Crippen LogP contribution in [0.1, 0.15) is 63.1 Å². The molecule has 39 heavy (non-hydrogen) atoms. The maximum Gasteiger partial charge on any atom is 0.227 e. The van der Waals surface area contributed by atoms with E-state index in [0.717, 1.165) is 52.7 Å². The molecule has 1 N–H and O–H groups in total. The number of benzene rings is 3. The number of anilines is 3. The van der Waals surface area contributed by atoms with E-state index in [9.17, 15) is 9.59 Å². The topological polar surface area (TPSA) is 61.9 Å². The molecule has 6 heteroatoms. The number of allylic oxidation sites excluding steroid dienone is 1. The lowest BCUT2D eigenvalue weighted by molar-refractivity contribution is -0.119. The van der Waals surface area contributed by atoms with Gasteiger partial charge in [-0.1, -0.05) is 43.3 Å². The molecular weight excluding hydrogens is 486 g/mol. The van der Waals surface area contributed by atoms with Crippen molar-refractivity contribution in [2.75, 3.05) is 35.3 Å². The zero-order chi connectivity index (χ0) is 27.5. The highest BCUT2D eigenvalue weighted by Gasteiger charge is 2.41. The average molecular weight is 524 g/mol. The fourth-order valence-electron chi connectivity index (χ4n) is 5.92. The quantitative estimate of drug-likeness (QED) is 0.367. The number of hydrogen-bond donors (Lipinski definition) is 1. The lowest BCUT2D eigenvalue weighted by atomic mass is 9.78. The highest BCUT2D eigenvalue weighted by Crippen LogP contribution is 2.47. The third-order valence-electron chi connectivity index (χ3n) is 7.98. The molecule has 3 aromatic rings. The molecule has 202 valence electrons. The smallest absolute Gasteiger partial charge is 0.227 e. The molecular formula is C33H37N3O3. The number of ketones is 1. The monoisotopic (exact) mass is 523 g/mol. The zero-order valence-electron chi connectivity index (χ0n) is 23.2. The Bertz CT molecular complexity index is 1370. The van der Waals surface area contributed by atoms with Gasteiger partial charge in [-0.05, 0) is 73.7 Å². The van der Waals surface area contributed by atoms with Crippen LogP contribution in [0.2, 0.25) is 0 Å². The summed E-state index contributed by atoms with van der Waals surface area (Å²) in [5, 5.41) is 3.60. The van der Waals surface area contributed by atoms with Crippen molar-refractivity contribution in [1.82, 2.24) is 0 Å². The number of ether oxygens (including phenoxy) is 1. The number of nitrogens with zero attached hydrogens (tertiary/aromatic N) is 2. The van der Waals surface area contributed by atoms with E-state index >= 15 is 0 Å². The lowest BCUT2D eigenvalue weighted by Crippen LogP contribution is -2.38. The molecule has 0 bridgehead atoms. The number of rotatable bonds is 7. The van der Waals surface area contributed by atoms with Crippen LogP contribution in [0.15, 0.2) is 84.1 Å². The van der Waals surface area contributed by atoms with Crippen LogP contribution < -0.4 is 19.9 Å². The summed E-state index contributed by atoms with van der Waals surface area (Å²) >= 11 is 0. The van der Waals surface area contributed by atoms with Crippen LogP contribution in [-0.2, 0) is 9.59 Å². The van der Waals surface area contributed by atoms with Gasteiger partial charge < -0.3 is 15.0 Å². The average Bonchev–Trinajstić information content (AvgIpc) is 3.12. The summed E-state index contributed by atoms with van der Waals surface area (Å²) in [6.45, 7) is 7.99. The van der Waals surface area contributed by atoms with E-state index in [1.807, 2.05) is 60.4 Å². The van der Waals surface area contributed by atoms with Gasteiger partial charge in [0, 0.05) is 42.9 Å². The standard InChI is InChI=1S/C33H37N3O3/c1-5-31(38)36-29-11-9-8-10-27(29)34-28-20-24(22-14-18-26(39-4)19-15-22)21-30(37)32(28)33(36)23-12-16-25(17-13-23)35(6-2)7-3/h8-19,24,33-34H,5-7,20-21H2,1-4H3/t24-,33+/m1/s1. The number of carbonyl (C=O) groups excluding carboxylic acids is 2. The van der Waals surface area contributed by atoms with Crippen molar-refractivity contribution in [2.24, 2.45) is 0 Å². The van der Waals surface area contributed by atoms with Crippen molar-refractivity contribution < 1.29 is 14.3 Å². The van der Waals surface area contributed by atoms with Crippen LogP contribution in [0.3, 0.4) is 0 Å². The highest BCUT2D eigenvalue weighted by molar-refractivity contribution is 6.06. The summed E-state index contributed by atoms with van der Waals surface area (Å²) in [5.41, 5.74) is 6.40. The molecule has 6 nitrogen and oxygen atoms in total. The number of fused-ring (bicyclic) bond motifs is 1. The molecule has 5 rings (SSSR count). The molecule has 1 aliphatic carbocycles. The second kappa shape index (κ2) is 11.4. The summed E-state index contributed by atoms with van der Waals surface area (Å²) in [7, 11) is 1.65. The molecule has 1 amide bonds. The van der Waals surface area contributed by atoms with E-state index in [2.05, 4.69) is 48.3 Å². The Kier molecular flexibility index (Phi) is 7.73. The van der Waals surface area contributed by atoms with Gasteiger partial charge >= 0.3 is 0 Å². The molecule has 2 atom stereocenters. The fourth-order valence-corrected chi connectivity index (χ4v) is 5.92. The van der Waals surface area contributed by atoms with Gasteiger partial charge in [-0.3, -0.25) is 14.5 Å². The molecule has 0 spiro atoms. The SMILES string of the molecule is CCC(=O)N1c2ccccc2NC2=C(C(=O)C[C@H](c3ccc(OC)cc3)C2)[C@@H]1c1ccc(N(CC)CC)cc1. The molecule has 0 radical (unpaired) electrons. The van der Waals surface area contributed by atoms with Gasteiger partial charge in [0.15, 0.2) is 5.78 Å². The van der Waals surface area contributed by atoms with Crippen molar-refractivity contribution in [3.05, 3.63) is 95.2 Å². The number of hydrogen-bond acceptors (Lipinski definition) is 5. The summed E-state index contributed by atoms with van der Waals surface area (Å²) in [6, 6.07) is 23.7. The Morgan fingerprint density at radius 3 is 2.23 bits per heavy atom. The van der Waals surface area contributed by atoms with E-state index in [0.29, 0.717) is 24.8 Å². The van der Waals surface area contributed by atoms with Crippen molar-refractivity contribution in [1.29, 1.82) is 0 Å².